The average Bonchev–Trinajstić information content (AvgIpc) is 2.62. The molecule has 0 aliphatic carbocycles. The van der Waals surface area contributed by atoms with Gasteiger partial charge in [0.05, 0.1) is 13.2 Å². The number of benzene rings is 1. The molecule has 24 heavy (non-hydrogen) atoms. The summed E-state index contributed by atoms with van der Waals surface area (Å²) in [7, 11) is -2.02. The van der Waals surface area contributed by atoms with Gasteiger partial charge in [0.1, 0.15) is 10.6 Å². The highest BCUT2D eigenvalue weighted by atomic mass is 35.5. The quantitative estimate of drug-likeness (QED) is 0.890. The molecule has 3 rings (SSSR count). The van der Waals surface area contributed by atoms with E-state index in [1.165, 1.54) is 10.5 Å². The Morgan fingerprint density at radius 2 is 2.04 bits per heavy atom. The van der Waals surface area contributed by atoms with Crippen LogP contribution in [0.15, 0.2) is 53.7 Å². The lowest BCUT2D eigenvalue weighted by molar-refractivity contribution is 0.264. The van der Waals surface area contributed by atoms with Crippen molar-refractivity contribution in [3.63, 3.8) is 0 Å². The molecule has 0 spiro atoms. The Morgan fingerprint density at radius 1 is 1.25 bits per heavy atom. The van der Waals surface area contributed by atoms with Gasteiger partial charge < -0.3 is 10.1 Å². The van der Waals surface area contributed by atoms with E-state index in [1.54, 1.807) is 25.4 Å². The van der Waals surface area contributed by atoms with Crippen LogP contribution in [0.2, 0.25) is 0 Å². The molecule has 8 heteroatoms. The molecule has 6 nitrogen and oxygen atoms in total. The number of piperazine rings is 1. The number of halogens is 1. The lowest BCUT2D eigenvalue weighted by Gasteiger charge is -2.35. The maximum atomic E-state index is 13.0. The minimum atomic E-state index is -3.61. The first-order valence-electron chi connectivity index (χ1n) is 7.40. The molecule has 0 amide bonds. The van der Waals surface area contributed by atoms with Crippen LogP contribution < -0.4 is 10.1 Å². The number of methoxy groups -OCH3 is 1. The van der Waals surface area contributed by atoms with E-state index in [1.807, 2.05) is 24.3 Å². The maximum absolute atomic E-state index is 13.0. The van der Waals surface area contributed by atoms with Gasteiger partial charge in [0.2, 0.25) is 10.0 Å². The Bertz CT molecular complexity index is 771. The molecule has 2 heterocycles. The smallest absolute Gasteiger partial charge is 0.245 e. The number of ether oxygens (including phenoxy) is 1. The summed E-state index contributed by atoms with van der Waals surface area (Å²) < 4.78 is 32.9. The molecule has 1 saturated heterocycles. The summed E-state index contributed by atoms with van der Waals surface area (Å²) in [5.74, 6) is 0.688. The van der Waals surface area contributed by atoms with Gasteiger partial charge in [0.15, 0.2) is 0 Å². The van der Waals surface area contributed by atoms with Crippen molar-refractivity contribution in [2.75, 3.05) is 26.7 Å². The molecule has 130 valence electrons. The number of pyridine rings is 1. The predicted molar refractivity (Wildman–Crippen MR) is 94.0 cm³/mol. The number of nitrogens with one attached hydrogen (secondary N) is 1. The predicted octanol–water partition coefficient (Wildman–Crippen LogP) is 1.85. The Labute approximate surface area is 148 Å². The van der Waals surface area contributed by atoms with Crippen molar-refractivity contribution in [1.29, 1.82) is 0 Å². The van der Waals surface area contributed by atoms with E-state index in [-0.39, 0.29) is 23.3 Å². The fourth-order valence-corrected chi connectivity index (χ4v) is 4.39. The molecule has 0 radical (unpaired) electrons. The number of sulfonamides is 1. The molecule has 0 saturated carbocycles. The second-order valence-electron chi connectivity index (χ2n) is 5.27. The highest BCUT2D eigenvalue weighted by Crippen LogP contribution is 2.33. The standard InChI is InChI=1S/C16H19N3O3S.ClH/c1-22-16-7-3-2-6-14(16)15-12-18-9-10-19(15)23(20,21)13-5-4-8-17-11-13;/h2-8,11,15,18H,9-10,12H2,1H3;1H. The Kier molecular flexibility index (Phi) is 6.17. The molecule has 1 fully saturated rings. The summed E-state index contributed by atoms with van der Waals surface area (Å²) in [4.78, 5) is 4.14. The van der Waals surface area contributed by atoms with Crippen LogP contribution in [0.4, 0.5) is 0 Å². The van der Waals surface area contributed by atoms with Crippen molar-refractivity contribution in [2.45, 2.75) is 10.9 Å². The monoisotopic (exact) mass is 369 g/mol. The highest BCUT2D eigenvalue weighted by Gasteiger charge is 2.35. The normalized spacial score (nSPS) is 18.6. The van der Waals surface area contributed by atoms with E-state index in [9.17, 15) is 8.42 Å². The second kappa shape index (κ2) is 7.94. The molecule has 2 aromatic rings. The van der Waals surface area contributed by atoms with E-state index in [4.69, 9.17) is 4.74 Å². The van der Waals surface area contributed by atoms with Crippen LogP contribution in [-0.4, -0.2) is 44.5 Å². The Morgan fingerprint density at radius 3 is 2.75 bits per heavy atom. The van der Waals surface area contributed by atoms with Crippen molar-refractivity contribution in [1.82, 2.24) is 14.6 Å². The van der Waals surface area contributed by atoms with Gasteiger partial charge in [0, 0.05) is 37.6 Å². The largest absolute Gasteiger partial charge is 0.496 e. The number of hydrogen-bond donors (Lipinski definition) is 1. The summed E-state index contributed by atoms with van der Waals surface area (Å²) in [6.45, 7) is 1.56. The summed E-state index contributed by atoms with van der Waals surface area (Å²) in [5.41, 5.74) is 0.856. The molecule has 1 aliphatic rings. The van der Waals surface area contributed by atoms with Crippen molar-refractivity contribution < 1.29 is 13.2 Å². The lowest BCUT2D eigenvalue weighted by Crippen LogP contribution is -2.48. The number of aromatic nitrogens is 1. The van der Waals surface area contributed by atoms with Gasteiger partial charge in [-0.15, -0.1) is 12.4 Å². The lowest BCUT2D eigenvalue weighted by atomic mass is 10.0. The van der Waals surface area contributed by atoms with Gasteiger partial charge >= 0.3 is 0 Å². The molecule has 1 aliphatic heterocycles. The average molecular weight is 370 g/mol. The minimum absolute atomic E-state index is 0. The number of nitrogens with zero attached hydrogens (tertiary/aromatic N) is 2. The molecule has 1 aromatic carbocycles. The Balaban J connectivity index is 0.00000208. The number of hydrogen-bond acceptors (Lipinski definition) is 5. The van der Waals surface area contributed by atoms with Crippen molar-refractivity contribution in [3.8, 4) is 5.75 Å². The van der Waals surface area contributed by atoms with Crippen LogP contribution in [0.3, 0.4) is 0 Å². The van der Waals surface area contributed by atoms with Crippen molar-refractivity contribution in [3.05, 3.63) is 54.4 Å². The third-order valence-electron chi connectivity index (χ3n) is 3.93. The SMILES string of the molecule is COc1ccccc1C1CNCCN1S(=O)(=O)c1cccnc1.Cl. The highest BCUT2D eigenvalue weighted by molar-refractivity contribution is 7.89. The van der Waals surface area contributed by atoms with Gasteiger partial charge in [-0.1, -0.05) is 18.2 Å². The fraction of sp³-hybridized carbons (Fsp3) is 0.312. The zero-order valence-electron chi connectivity index (χ0n) is 13.3. The zero-order valence-corrected chi connectivity index (χ0v) is 14.9. The number of rotatable bonds is 4. The topological polar surface area (TPSA) is 71.5 Å². The van der Waals surface area contributed by atoms with Gasteiger partial charge in [-0.2, -0.15) is 4.31 Å². The zero-order chi connectivity index (χ0) is 16.3. The molecule has 1 atom stereocenters. The van der Waals surface area contributed by atoms with E-state index >= 15 is 0 Å². The van der Waals surface area contributed by atoms with E-state index in [2.05, 4.69) is 10.3 Å². The van der Waals surface area contributed by atoms with Crippen LogP contribution in [-0.2, 0) is 10.0 Å². The fourth-order valence-electron chi connectivity index (χ4n) is 2.82. The Hall–Kier alpha value is -1.67. The van der Waals surface area contributed by atoms with Crippen LogP contribution >= 0.6 is 12.4 Å². The van der Waals surface area contributed by atoms with Gasteiger partial charge in [0.25, 0.3) is 0 Å². The first-order chi connectivity index (χ1) is 11.1. The van der Waals surface area contributed by atoms with Crippen molar-refractivity contribution >= 4 is 22.4 Å². The van der Waals surface area contributed by atoms with Gasteiger partial charge in [-0.05, 0) is 18.2 Å². The first kappa shape index (κ1) is 18.7. The molecule has 0 bridgehead atoms. The first-order valence-corrected chi connectivity index (χ1v) is 8.84. The minimum Gasteiger partial charge on any atom is -0.496 e. The third kappa shape index (κ3) is 3.54. The van der Waals surface area contributed by atoms with Gasteiger partial charge in [-0.25, -0.2) is 8.42 Å². The van der Waals surface area contributed by atoms with E-state index in [0.717, 1.165) is 5.56 Å². The maximum Gasteiger partial charge on any atom is 0.245 e. The molecular weight excluding hydrogens is 350 g/mol. The molecule has 1 aromatic heterocycles. The van der Waals surface area contributed by atoms with E-state index < -0.39 is 10.0 Å². The van der Waals surface area contributed by atoms with Crippen LogP contribution in [0, 0.1) is 0 Å². The molecule has 1 unspecified atom stereocenters. The van der Waals surface area contributed by atoms with Crippen LogP contribution in [0.5, 0.6) is 5.75 Å². The second-order valence-corrected chi connectivity index (χ2v) is 7.16. The summed E-state index contributed by atoms with van der Waals surface area (Å²) in [6.07, 6.45) is 2.95. The van der Waals surface area contributed by atoms with Crippen LogP contribution in [0.25, 0.3) is 0 Å². The van der Waals surface area contributed by atoms with Gasteiger partial charge in [-0.3, -0.25) is 4.98 Å². The van der Waals surface area contributed by atoms with Crippen LogP contribution in [0.1, 0.15) is 11.6 Å². The van der Waals surface area contributed by atoms with E-state index in [0.29, 0.717) is 25.4 Å². The number of para-hydroxylation sites is 1. The molecular formula is C16H20ClN3O3S. The molecule has 1 N–H and O–H groups in total. The summed E-state index contributed by atoms with van der Waals surface area (Å²) in [5, 5.41) is 3.26. The summed E-state index contributed by atoms with van der Waals surface area (Å²) >= 11 is 0. The summed E-state index contributed by atoms with van der Waals surface area (Å²) in [6, 6.07) is 10.4. The van der Waals surface area contributed by atoms with Crippen molar-refractivity contribution in [2.24, 2.45) is 0 Å². The third-order valence-corrected chi connectivity index (χ3v) is 5.82.